The molecule has 3 nitrogen and oxygen atoms in total. The average molecular weight is 264 g/mol. The fourth-order valence-electron chi connectivity index (χ4n) is 2.55. The predicted molar refractivity (Wildman–Crippen MR) is 76.9 cm³/mol. The lowest BCUT2D eigenvalue weighted by Gasteiger charge is -2.23. The number of piperidine rings is 1. The van der Waals surface area contributed by atoms with Crippen LogP contribution in [0.3, 0.4) is 0 Å². The van der Waals surface area contributed by atoms with E-state index in [0.717, 1.165) is 18.9 Å². The van der Waals surface area contributed by atoms with Crippen LogP contribution in [-0.4, -0.2) is 39.5 Å². The van der Waals surface area contributed by atoms with Gasteiger partial charge in [-0.25, -0.2) is 0 Å². The van der Waals surface area contributed by atoms with E-state index in [1.165, 1.54) is 37.9 Å². The van der Waals surface area contributed by atoms with E-state index in [-0.39, 0.29) is 0 Å². The van der Waals surface area contributed by atoms with Crippen LogP contribution >= 0.6 is 0 Å². The second-order valence-corrected chi connectivity index (χ2v) is 5.29. The maximum atomic E-state index is 5.70. The number of ether oxygens (including phenoxy) is 2. The molecule has 1 saturated heterocycles. The van der Waals surface area contributed by atoms with Crippen LogP contribution < -0.4 is 9.64 Å². The molecule has 0 bridgehead atoms. The monoisotopic (exact) mass is 264 g/mol. The first-order valence-corrected chi connectivity index (χ1v) is 7.46. The molecule has 0 unspecified atom stereocenters. The Morgan fingerprint density at radius 3 is 2.58 bits per heavy atom. The summed E-state index contributed by atoms with van der Waals surface area (Å²) in [5.74, 6) is 0.966. The summed E-state index contributed by atoms with van der Waals surface area (Å²) in [7, 11) is 0. The number of para-hydroxylation sites is 1. The van der Waals surface area contributed by atoms with Gasteiger partial charge in [-0.05, 0) is 37.8 Å². The van der Waals surface area contributed by atoms with E-state index in [2.05, 4.69) is 13.0 Å². The van der Waals surface area contributed by atoms with Gasteiger partial charge in [0.15, 0.2) is 0 Å². The van der Waals surface area contributed by atoms with E-state index in [0.29, 0.717) is 13.2 Å². The normalized spacial score (nSPS) is 16.5. The third-order valence-electron chi connectivity index (χ3n) is 3.74. The number of benzene rings is 1. The highest BCUT2D eigenvalue weighted by molar-refractivity contribution is 5.31. The van der Waals surface area contributed by atoms with E-state index in [4.69, 9.17) is 9.47 Å². The third-order valence-corrected chi connectivity index (χ3v) is 3.74. The Morgan fingerprint density at radius 2 is 1.79 bits per heavy atom. The molecule has 1 aliphatic rings. The molecular weight excluding hydrogens is 238 g/mol. The van der Waals surface area contributed by atoms with Crippen molar-refractivity contribution in [3.05, 3.63) is 29.8 Å². The maximum absolute atomic E-state index is 5.70. The summed E-state index contributed by atoms with van der Waals surface area (Å²) in [6.07, 6.45) is 4.17. The fraction of sp³-hybridized carbons (Fsp3) is 0.625. The summed E-state index contributed by atoms with van der Waals surface area (Å²) >= 11 is 0. The quantitative estimate of drug-likeness (QED) is 0.754. The van der Waals surface area contributed by atoms with Gasteiger partial charge in [0.1, 0.15) is 18.9 Å². The predicted octanol–water partition coefficient (Wildman–Crippen LogP) is 1.46. The van der Waals surface area contributed by atoms with Gasteiger partial charge in [-0.1, -0.05) is 18.2 Å². The number of nitrogens with one attached hydrogen (secondary N) is 1. The summed E-state index contributed by atoms with van der Waals surface area (Å²) in [5.41, 5.74) is 1.18. The highest BCUT2D eigenvalue weighted by Crippen LogP contribution is 2.15. The van der Waals surface area contributed by atoms with Gasteiger partial charge in [0.2, 0.25) is 0 Å². The zero-order valence-corrected chi connectivity index (χ0v) is 12.0. The lowest BCUT2D eigenvalue weighted by molar-refractivity contribution is -0.905. The Labute approximate surface area is 116 Å². The van der Waals surface area contributed by atoms with Gasteiger partial charge >= 0.3 is 0 Å². The zero-order chi connectivity index (χ0) is 13.3. The minimum Gasteiger partial charge on any atom is -0.491 e. The molecule has 1 N–H and O–H groups in total. The summed E-state index contributed by atoms with van der Waals surface area (Å²) < 4.78 is 11.3. The van der Waals surface area contributed by atoms with Crippen LogP contribution in [0.1, 0.15) is 24.8 Å². The Balaban J connectivity index is 1.51. The molecule has 0 aromatic heterocycles. The number of quaternary nitrogens is 1. The summed E-state index contributed by atoms with van der Waals surface area (Å²) in [6, 6.07) is 8.10. The number of aryl methyl sites for hydroxylation is 1. The van der Waals surface area contributed by atoms with Crippen molar-refractivity contribution in [2.45, 2.75) is 26.2 Å². The second kappa shape index (κ2) is 8.18. The molecule has 0 spiro atoms. The topological polar surface area (TPSA) is 22.9 Å². The van der Waals surface area contributed by atoms with Crippen LogP contribution in [0.4, 0.5) is 0 Å². The van der Waals surface area contributed by atoms with Gasteiger partial charge in [0.25, 0.3) is 0 Å². The molecule has 1 aromatic carbocycles. The fourth-order valence-corrected chi connectivity index (χ4v) is 2.55. The molecule has 0 atom stereocenters. The van der Waals surface area contributed by atoms with Crippen molar-refractivity contribution < 1.29 is 14.4 Å². The molecule has 1 aromatic rings. The Morgan fingerprint density at radius 1 is 1.00 bits per heavy atom. The molecule has 1 fully saturated rings. The minimum absolute atomic E-state index is 0.639. The molecule has 1 heterocycles. The van der Waals surface area contributed by atoms with Gasteiger partial charge in [-0.3, -0.25) is 0 Å². The van der Waals surface area contributed by atoms with E-state index >= 15 is 0 Å². The first-order valence-electron chi connectivity index (χ1n) is 7.46. The molecule has 19 heavy (non-hydrogen) atoms. The van der Waals surface area contributed by atoms with E-state index < -0.39 is 0 Å². The van der Waals surface area contributed by atoms with Crippen LogP contribution in [-0.2, 0) is 4.74 Å². The van der Waals surface area contributed by atoms with Crippen LogP contribution in [0, 0.1) is 6.92 Å². The van der Waals surface area contributed by atoms with Crippen LogP contribution in [0.25, 0.3) is 0 Å². The molecular formula is C16H26NO2+. The van der Waals surface area contributed by atoms with Gasteiger partial charge in [-0.15, -0.1) is 0 Å². The highest BCUT2D eigenvalue weighted by Gasteiger charge is 2.12. The largest absolute Gasteiger partial charge is 0.491 e. The summed E-state index contributed by atoms with van der Waals surface area (Å²) in [6.45, 7) is 8.03. The Hall–Kier alpha value is -1.06. The van der Waals surface area contributed by atoms with E-state index in [1.807, 2.05) is 18.2 Å². The second-order valence-electron chi connectivity index (χ2n) is 5.29. The number of rotatable bonds is 7. The van der Waals surface area contributed by atoms with Crippen molar-refractivity contribution >= 4 is 0 Å². The van der Waals surface area contributed by atoms with E-state index in [1.54, 1.807) is 4.90 Å². The van der Waals surface area contributed by atoms with Crippen molar-refractivity contribution in [2.24, 2.45) is 0 Å². The first kappa shape index (κ1) is 14.4. The van der Waals surface area contributed by atoms with E-state index in [9.17, 15) is 0 Å². The van der Waals surface area contributed by atoms with Crippen molar-refractivity contribution in [1.29, 1.82) is 0 Å². The first-order chi connectivity index (χ1) is 9.36. The van der Waals surface area contributed by atoms with Gasteiger partial charge < -0.3 is 14.4 Å². The van der Waals surface area contributed by atoms with Gasteiger partial charge in [-0.2, -0.15) is 0 Å². The summed E-state index contributed by atoms with van der Waals surface area (Å²) in [4.78, 5) is 1.70. The highest BCUT2D eigenvalue weighted by atomic mass is 16.5. The maximum Gasteiger partial charge on any atom is 0.122 e. The molecule has 1 aliphatic heterocycles. The number of hydrogen-bond acceptors (Lipinski definition) is 2. The zero-order valence-electron chi connectivity index (χ0n) is 12.0. The number of likely N-dealkylation sites (tertiary alicyclic amines) is 1. The van der Waals surface area contributed by atoms with Crippen molar-refractivity contribution in [2.75, 3.05) is 39.5 Å². The lowest BCUT2D eigenvalue weighted by atomic mass is 10.1. The number of hydrogen-bond donors (Lipinski definition) is 1. The average Bonchev–Trinajstić information content (AvgIpc) is 2.45. The SMILES string of the molecule is Cc1ccccc1OCCOCC[NH+]1CCCCC1. The molecule has 0 radical (unpaired) electrons. The molecule has 0 saturated carbocycles. The van der Waals surface area contributed by atoms with Crippen LogP contribution in [0.5, 0.6) is 5.75 Å². The smallest absolute Gasteiger partial charge is 0.122 e. The Kier molecular flexibility index (Phi) is 6.18. The summed E-state index contributed by atoms with van der Waals surface area (Å²) in [5, 5.41) is 0. The van der Waals surface area contributed by atoms with Gasteiger partial charge in [0.05, 0.1) is 26.3 Å². The molecule has 0 aliphatic carbocycles. The molecule has 0 amide bonds. The molecule has 3 heteroatoms. The van der Waals surface area contributed by atoms with Gasteiger partial charge in [0, 0.05) is 0 Å². The molecule has 106 valence electrons. The third kappa shape index (κ3) is 5.21. The lowest BCUT2D eigenvalue weighted by Crippen LogP contribution is -3.13. The Bertz CT molecular complexity index is 362. The van der Waals surface area contributed by atoms with Crippen molar-refractivity contribution in [3.63, 3.8) is 0 Å². The minimum atomic E-state index is 0.639. The van der Waals surface area contributed by atoms with Crippen molar-refractivity contribution in [1.82, 2.24) is 0 Å². The van der Waals surface area contributed by atoms with Crippen LogP contribution in [0.15, 0.2) is 24.3 Å². The standard InChI is InChI=1S/C16H25NO2/c1-15-7-3-4-8-16(15)19-14-13-18-12-11-17-9-5-2-6-10-17/h3-4,7-8H,2,5-6,9-14H2,1H3/p+1. The van der Waals surface area contributed by atoms with Crippen LogP contribution in [0.2, 0.25) is 0 Å². The van der Waals surface area contributed by atoms with Crippen molar-refractivity contribution in [3.8, 4) is 5.75 Å². The molecule has 2 rings (SSSR count).